The molecule has 1 saturated carbocycles. The number of hydrogen-bond acceptors (Lipinski definition) is 3. The van der Waals surface area contributed by atoms with Crippen molar-refractivity contribution in [1.29, 1.82) is 0 Å². The lowest BCUT2D eigenvalue weighted by Gasteiger charge is -2.21. The highest BCUT2D eigenvalue weighted by Crippen LogP contribution is 2.58. The number of fused-ring (bicyclic) bond motifs is 1. The molecule has 2 unspecified atom stereocenters. The van der Waals surface area contributed by atoms with Crippen molar-refractivity contribution in [3.63, 3.8) is 0 Å². The molecule has 1 heterocycles. The van der Waals surface area contributed by atoms with E-state index in [-0.39, 0.29) is 5.91 Å². The molecule has 5 heteroatoms. The zero-order chi connectivity index (χ0) is 19.0. The van der Waals surface area contributed by atoms with E-state index in [1.165, 1.54) is 17.5 Å². The number of carbonyl (C=O) groups excluding carboxylic acids is 2. The zero-order valence-electron chi connectivity index (χ0n) is 15.6. The van der Waals surface area contributed by atoms with E-state index < -0.39 is 5.91 Å². The molecule has 0 spiro atoms. The van der Waals surface area contributed by atoms with Gasteiger partial charge < -0.3 is 16.0 Å². The Bertz CT molecular complexity index is 860. The van der Waals surface area contributed by atoms with Gasteiger partial charge in [0.2, 0.25) is 11.8 Å². The first-order chi connectivity index (χ1) is 13.0. The topological polar surface area (TPSA) is 75.4 Å². The summed E-state index contributed by atoms with van der Waals surface area (Å²) in [5.41, 5.74) is 9.40. The first-order valence-corrected chi connectivity index (χ1v) is 9.45. The molecule has 2 aliphatic rings. The van der Waals surface area contributed by atoms with Gasteiger partial charge in [-0.3, -0.25) is 9.59 Å². The lowest BCUT2D eigenvalue weighted by molar-refractivity contribution is -0.116. The summed E-state index contributed by atoms with van der Waals surface area (Å²) in [6.45, 7) is 5.01. The Balaban J connectivity index is 1.28. The lowest BCUT2D eigenvalue weighted by atomic mass is 9.94. The second kappa shape index (κ2) is 6.82. The molecule has 5 nitrogen and oxygen atoms in total. The number of hydrogen-bond donors (Lipinski definition) is 2. The van der Waals surface area contributed by atoms with Gasteiger partial charge >= 0.3 is 0 Å². The summed E-state index contributed by atoms with van der Waals surface area (Å²) in [6, 6.07) is 15.6. The van der Waals surface area contributed by atoms with Crippen molar-refractivity contribution in [2.24, 2.45) is 11.7 Å². The van der Waals surface area contributed by atoms with Crippen LogP contribution in [0.4, 0.5) is 5.69 Å². The second-order valence-corrected chi connectivity index (χ2v) is 7.90. The molecule has 140 valence electrons. The maximum atomic E-state index is 12.2. The molecule has 0 aromatic heterocycles. The molecule has 2 aromatic carbocycles. The number of aryl methyl sites for hydroxylation is 1. The van der Waals surface area contributed by atoms with Gasteiger partial charge in [-0.05, 0) is 49.1 Å². The number of primary amides is 1. The van der Waals surface area contributed by atoms with Crippen LogP contribution in [0, 0.1) is 12.8 Å². The molecule has 0 bridgehead atoms. The van der Waals surface area contributed by atoms with Crippen LogP contribution in [0.15, 0.2) is 48.5 Å². The zero-order valence-corrected chi connectivity index (χ0v) is 15.6. The van der Waals surface area contributed by atoms with Crippen LogP contribution in [0.3, 0.4) is 0 Å². The van der Waals surface area contributed by atoms with E-state index in [0.717, 1.165) is 25.6 Å². The first-order valence-electron chi connectivity index (χ1n) is 9.45. The molecular formula is C22H25N3O2. The highest BCUT2D eigenvalue weighted by molar-refractivity contribution is 5.94. The Morgan fingerprint density at radius 2 is 1.85 bits per heavy atom. The second-order valence-electron chi connectivity index (χ2n) is 7.90. The monoisotopic (exact) mass is 363 g/mol. The van der Waals surface area contributed by atoms with Crippen LogP contribution >= 0.6 is 0 Å². The van der Waals surface area contributed by atoms with Crippen LogP contribution < -0.4 is 11.1 Å². The van der Waals surface area contributed by atoms with Crippen LogP contribution in [-0.4, -0.2) is 36.3 Å². The highest BCUT2D eigenvalue weighted by atomic mass is 16.2. The molecule has 2 fully saturated rings. The molecule has 2 amide bonds. The van der Waals surface area contributed by atoms with Crippen LogP contribution in [0.25, 0.3) is 0 Å². The van der Waals surface area contributed by atoms with Gasteiger partial charge in [-0.2, -0.15) is 0 Å². The van der Waals surface area contributed by atoms with Gasteiger partial charge in [0.15, 0.2) is 0 Å². The van der Waals surface area contributed by atoms with Crippen LogP contribution in [0.1, 0.15) is 34.3 Å². The third kappa shape index (κ3) is 3.60. The molecule has 27 heavy (non-hydrogen) atoms. The molecule has 2 atom stereocenters. The Morgan fingerprint density at radius 1 is 1.15 bits per heavy atom. The van der Waals surface area contributed by atoms with Crippen molar-refractivity contribution in [2.75, 3.05) is 25.0 Å². The Hall–Kier alpha value is -2.66. The van der Waals surface area contributed by atoms with Gasteiger partial charge in [0.05, 0.1) is 0 Å². The van der Waals surface area contributed by atoms with Crippen molar-refractivity contribution in [3.8, 4) is 0 Å². The molecule has 0 radical (unpaired) electrons. The maximum Gasteiger partial charge on any atom is 0.248 e. The van der Waals surface area contributed by atoms with Crippen LogP contribution in [0.5, 0.6) is 0 Å². The van der Waals surface area contributed by atoms with Gasteiger partial charge in [0, 0.05) is 42.7 Å². The number of nitrogens with one attached hydrogen (secondary N) is 1. The summed E-state index contributed by atoms with van der Waals surface area (Å²) in [6.07, 6.45) is 1.74. The molecule has 1 aliphatic heterocycles. The smallest absolute Gasteiger partial charge is 0.248 e. The molecule has 1 aliphatic carbocycles. The average molecular weight is 363 g/mol. The molecule has 4 rings (SSSR count). The van der Waals surface area contributed by atoms with Crippen molar-refractivity contribution in [3.05, 3.63) is 65.2 Å². The minimum Gasteiger partial charge on any atom is -0.366 e. The number of rotatable bonds is 6. The number of carbonyl (C=O) groups is 2. The predicted molar refractivity (Wildman–Crippen MR) is 106 cm³/mol. The summed E-state index contributed by atoms with van der Waals surface area (Å²) in [5, 5.41) is 2.88. The number of nitrogens with zero attached hydrogens (tertiary/aromatic N) is 1. The minimum atomic E-state index is -0.469. The molecular weight excluding hydrogens is 338 g/mol. The first kappa shape index (κ1) is 17.7. The van der Waals surface area contributed by atoms with Gasteiger partial charge in [-0.1, -0.05) is 29.8 Å². The SMILES string of the molecule is Cc1ccc(C23CC2CN(CCC(=O)Nc2ccc(C(N)=O)cc2)C3)cc1. The number of likely N-dealkylation sites (tertiary alicyclic amines) is 1. The van der Waals surface area contributed by atoms with E-state index in [1.807, 2.05) is 0 Å². The third-order valence-electron chi connectivity index (χ3n) is 5.95. The number of nitrogens with two attached hydrogens (primary N) is 1. The average Bonchev–Trinajstić information content (AvgIpc) is 3.22. The number of piperidine rings is 1. The van der Waals surface area contributed by atoms with E-state index in [9.17, 15) is 9.59 Å². The number of anilines is 1. The van der Waals surface area contributed by atoms with Crippen LogP contribution in [-0.2, 0) is 10.2 Å². The summed E-state index contributed by atoms with van der Waals surface area (Å²) in [5.74, 6) is 0.249. The lowest BCUT2D eigenvalue weighted by Crippen LogP contribution is -2.30. The van der Waals surface area contributed by atoms with Gasteiger partial charge in [0.1, 0.15) is 0 Å². The standard InChI is InChI=1S/C22H25N3O2/c1-15-2-6-17(7-3-15)22-12-18(22)13-25(14-22)11-10-20(26)24-19-8-4-16(5-9-19)21(23)27/h2-9,18H,10-14H2,1H3,(H2,23,27)(H,24,26). The largest absolute Gasteiger partial charge is 0.366 e. The van der Waals surface area contributed by atoms with Crippen molar-refractivity contribution < 1.29 is 9.59 Å². The van der Waals surface area contributed by atoms with E-state index in [1.54, 1.807) is 24.3 Å². The Morgan fingerprint density at radius 3 is 2.52 bits per heavy atom. The highest BCUT2D eigenvalue weighted by Gasteiger charge is 2.60. The van der Waals surface area contributed by atoms with Gasteiger partial charge in [-0.25, -0.2) is 0 Å². The Labute approximate surface area is 159 Å². The van der Waals surface area contributed by atoms with Crippen molar-refractivity contribution in [1.82, 2.24) is 4.90 Å². The maximum absolute atomic E-state index is 12.2. The van der Waals surface area contributed by atoms with Crippen molar-refractivity contribution in [2.45, 2.75) is 25.2 Å². The normalized spacial score (nSPS) is 23.7. The Kier molecular flexibility index (Phi) is 4.48. The van der Waals surface area contributed by atoms with E-state index in [2.05, 4.69) is 41.4 Å². The number of amides is 2. The predicted octanol–water partition coefficient (Wildman–Crippen LogP) is 2.70. The summed E-state index contributed by atoms with van der Waals surface area (Å²) >= 11 is 0. The number of benzene rings is 2. The van der Waals surface area contributed by atoms with E-state index in [0.29, 0.717) is 23.1 Å². The van der Waals surface area contributed by atoms with E-state index in [4.69, 9.17) is 5.73 Å². The fraction of sp³-hybridized carbons (Fsp3) is 0.364. The minimum absolute atomic E-state index is 0.00761. The molecule has 2 aromatic rings. The quantitative estimate of drug-likeness (QED) is 0.829. The summed E-state index contributed by atoms with van der Waals surface area (Å²) in [4.78, 5) is 25.7. The fourth-order valence-corrected chi connectivity index (χ4v) is 4.29. The van der Waals surface area contributed by atoms with Gasteiger partial charge in [-0.15, -0.1) is 0 Å². The van der Waals surface area contributed by atoms with Crippen LogP contribution in [0.2, 0.25) is 0 Å². The molecule has 3 N–H and O–H groups in total. The molecule has 1 saturated heterocycles. The fourth-order valence-electron chi connectivity index (χ4n) is 4.29. The summed E-state index contributed by atoms with van der Waals surface area (Å²) in [7, 11) is 0. The third-order valence-corrected chi connectivity index (χ3v) is 5.95. The van der Waals surface area contributed by atoms with E-state index >= 15 is 0 Å². The summed E-state index contributed by atoms with van der Waals surface area (Å²) < 4.78 is 0. The van der Waals surface area contributed by atoms with Crippen molar-refractivity contribution >= 4 is 17.5 Å². The van der Waals surface area contributed by atoms with Gasteiger partial charge in [0.25, 0.3) is 0 Å².